The number of piperidine rings is 1. The molecule has 0 aromatic heterocycles. The van der Waals surface area contributed by atoms with Crippen LogP contribution in [0.15, 0.2) is 48.5 Å². The SMILES string of the molecule is CC(=N)N1CCC(Oc2ccc(N(CC=Cc3cccc(C(=N)N)c3)S(=O)(=O)CC(=O)O)cc2C(N)=O)CC1. The first-order valence-corrected chi connectivity index (χ1v) is 13.7. The number of nitrogens with one attached hydrogen (secondary N) is 2. The van der Waals surface area contributed by atoms with E-state index in [2.05, 4.69) is 0 Å². The van der Waals surface area contributed by atoms with Gasteiger partial charge in [0.15, 0.2) is 5.75 Å². The summed E-state index contributed by atoms with van der Waals surface area (Å²) >= 11 is 0. The van der Waals surface area contributed by atoms with Gasteiger partial charge in [-0.15, -0.1) is 0 Å². The number of carboxylic acid groups (broad SMARTS) is 1. The standard InChI is InChI=1S/C26H32N6O6S/c1-17(27)31-12-9-21(10-13-31)38-23-8-7-20(15-22(23)26(30)35)32(39(36,37)16-24(33)34)11-3-5-18-4-2-6-19(14-18)25(28)29/h2-8,14-15,21,27H,9-13,16H2,1H3,(H3,28,29)(H2,30,35)(H,33,34). The van der Waals surface area contributed by atoms with E-state index in [0.29, 0.717) is 42.9 Å². The zero-order valence-corrected chi connectivity index (χ0v) is 22.3. The van der Waals surface area contributed by atoms with E-state index in [0.717, 1.165) is 4.31 Å². The van der Waals surface area contributed by atoms with Crippen molar-refractivity contribution in [1.29, 1.82) is 10.8 Å². The molecule has 1 aliphatic rings. The topological polar surface area (TPSA) is 204 Å². The maximum atomic E-state index is 13.0. The van der Waals surface area contributed by atoms with Crippen molar-refractivity contribution in [2.45, 2.75) is 25.9 Å². The second-order valence-electron chi connectivity index (χ2n) is 9.06. The molecule has 12 nitrogen and oxygen atoms in total. The van der Waals surface area contributed by atoms with Crippen molar-refractivity contribution in [1.82, 2.24) is 4.90 Å². The fourth-order valence-electron chi connectivity index (χ4n) is 4.16. The van der Waals surface area contributed by atoms with Crippen molar-refractivity contribution >= 4 is 45.3 Å². The summed E-state index contributed by atoms with van der Waals surface area (Å²) in [6.07, 6.45) is 4.18. The number of hydrogen-bond donors (Lipinski definition) is 5. The Morgan fingerprint density at radius 3 is 2.44 bits per heavy atom. The minimum absolute atomic E-state index is 0.0353. The molecule has 39 heavy (non-hydrogen) atoms. The second kappa shape index (κ2) is 12.4. The van der Waals surface area contributed by atoms with Crippen molar-refractivity contribution in [2.75, 3.05) is 29.7 Å². The molecule has 0 radical (unpaired) electrons. The van der Waals surface area contributed by atoms with Gasteiger partial charge in [0.05, 0.1) is 23.6 Å². The molecule has 3 rings (SSSR count). The lowest BCUT2D eigenvalue weighted by molar-refractivity contribution is -0.134. The Labute approximate surface area is 226 Å². The van der Waals surface area contributed by atoms with Gasteiger partial charge in [0.1, 0.15) is 17.7 Å². The number of nitrogens with two attached hydrogens (primary N) is 2. The number of carbonyl (C=O) groups is 2. The van der Waals surface area contributed by atoms with Crippen LogP contribution in [0.2, 0.25) is 0 Å². The summed E-state index contributed by atoms with van der Waals surface area (Å²) in [5, 5.41) is 24.5. The highest BCUT2D eigenvalue weighted by molar-refractivity contribution is 7.93. The van der Waals surface area contributed by atoms with Crippen LogP contribution in [0, 0.1) is 10.8 Å². The zero-order chi connectivity index (χ0) is 28.7. The van der Waals surface area contributed by atoms with Gasteiger partial charge in [-0.1, -0.05) is 30.4 Å². The summed E-state index contributed by atoms with van der Waals surface area (Å²) in [6, 6.07) is 10.9. The summed E-state index contributed by atoms with van der Waals surface area (Å²) in [5.41, 5.74) is 12.3. The van der Waals surface area contributed by atoms with E-state index in [1.165, 1.54) is 24.3 Å². The van der Waals surface area contributed by atoms with Crippen molar-refractivity contribution in [2.24, 2.45) is 11.5 Å². The van der Waals surface area contributed by atoms with Gasteiger partial charge >= 0.3 is 5.97 Å². The Hall–Kier alpha value is -4.39. The summed E-state index contributed by atoms with van der Waals surface area (Å²) < 4.78 is 32.9. The molecule has 1 saturated heterocycles. The predicted octanol–water partition coefficient (Wildman–Crippen LogP) is 1.84. The first-order valence-electron chi connectivity index (χ1n) is 12.1. The maximum absolute atomic E-state index is 13.0. The third-order valence-electron chi connectivity index (χ3n) is 6.15. The first kappa shape index (κ1) is 29.2. The lowest BCUT2D eigenvalue weighted by Crippen LogP contribution is -2.40. The number of rotatable bonds is 11. The number of aliphatic carboxylic acids is 1. The molecule has 208 valence electrons. The molecule has 0 saturated carbocycles. The summed E-state index contributed by atoms with van der Waals surface area (Å²) in [4.78, 5) is 25.5. The number of hydrogen-bond acceptors (Lipinski definition) is 7. The van der Waals surface area contributed by atoms with Gasteiger partial charge in [0, 0.05) is 31.5 Å². The number of amides is 1. The van der Waals surface area contributed by atoms with Crippen LogP contribution in [-0.2, 0) is 14.8 Å². The predicted molar refractivity (Wildman–Crippen MR) is 149 cm³/mol. The van der Waals surface area contributed by atoms with Gasteiger partial charge in [0.25, 0.3) is 5.91 Å². The van der Waals surface area contributed by atoms with E-state index in [4.69, 9.17) is 27.0 Å². The largest absolute Gasteiger partial charge is 0.489 e. The molecular weight excluding hydrogens is 524 g/mol. The number of carbonyl (C=O) groups excluding carboxylic acids is 1. The third kappa shape index (κ3) is 7.80. The number of nitrogens with zero attached hydrogens (tertiary/aromatic N) is 2. The number of primary amides is 1. The molecule has 1 aliphatic heterocycles. The van der Waals surface area contributed by atoms with Crippen molar-refractivity contribution in [3.05, 3.63) is 65.2 Å². The quantitative estimate of drug-likeness (QED) is 0.203. The molecule has 13 heteroatoms. The molecule has 0 unspecified atom stereocenters. The Kier molecular flexibility index (Phi) is 9.30. The Bertz CT molecular complexity index is 1400. The molecule has 0 spiro atoms. The number of anilines is 1. The van der Waals surface area contributed by atoms with Crippen LogP contribution in [0.25, 0.3) is 6.08 Å². The van der Waals surface area contributed by atoms with E-state index in [9.17, 15) is 23.1 Å². The lowest BCUT2D eigenvalue weighted by atomic mass is 10.1. The van der Waals surface area contributed by atoms with Crippen molar-refractivity contribution in [3.8, 4) is 5.75 Å². The number of nitrogen functional groups attached to an aromatic ring is 1. The van der Waals surface area contributed by atoms with Gasteiger partial charge in [-0.25, -0.2) is 8.42 Å². The number of benzene rings is 2. The third-order valence-corrected chi connectivity index (χ3v) is 7.79. The van der Waals surface area contributed by atoms with Gasteiger partial charge in [-0.3, -0.25) is 24.7 Å². The Morgan fingerprint density at radius 2 is 1.85 bits per heavy atom. The molecule has 2 aromatic carbocycles. The highest BCUT2D eigenvalue weighted by Crippen LogP contribution is 2.29. The minimum atomic E-state index is -4.34. The van der Waals surface area contributed by atoms with Crippen LogP contribution < -0.4 is 20.5 Å². The average molecular weight is 557 g/mol. The fourth-order valence-corrected chi connectivity index (χ4v) is 5.38. The molecule has 0 atom stereocenters. The molecule has 7 N–H and O–H groups in total. The number of carboxylic acids is 1. The fraction of sp³-hybridized carbons (Fsp3) is 0.308. The normalized spacial score (nSPS) is 14.2. The molecule has 1 fully saturated rings. The highest BCUT2D eigenvalue weighted by atomic mass is 32.2. The summed E-state index contributed by atoms with van der Waals surface area (Å²) in [6.45, 7) is 2.74. The maximum Gasteiger partial charge on any atom is 0.320 e. The molecule has 0 aliphatic carbocycles. The number of likely N-dealkylation sites (tertiary alicyclic amines) is 1. The molecule has 0 bridgehead atoms. The van der Waals surface area contributed by atoms with E-state index in [1.807, 2.05) is 4.90 Å². The molecular formula is C26H32N6O6S. The van der Waals surface area contributed by atoms with Crippen molar-refractivity contribution in [3.63, 3.8) is 0 Å². The van der Waals surface area contributed by atoms with Crippen LogP contribution in [0.1, 0.15) is 41.3 Å². The monoisotopic (exact) mass is 556 g/mol. The Balaban J connectivity index is 1.89. The second-order valence-corrected chi connectivity index (χ2v) is 11.0. The Morgan fingerprint density at radius 1 is 1.15 bits per heavy atom. The summed E-state index contributed by atoms with van der Waals surface area (Å²) in [5.74, 6) is -2.96. The summed E-state index contributed by atoms with van der Waals surface area (Å²) in [7, 11) is -4.34. The molecule has 1 heterocycles. The van der Waals surface area contributed by atoms with Crippen LogP contribution in [0.5, 0.6) is 5.75 Å². The van der Waals surface area contributed by atoms with E-state index in [-0.39, 0.29) is 35.5 Å². The molecule has 1 amide bonds. The van der Waals surface area contributed by atoms with Crippen LogP contribution in [0.3, 0.4) is 0 Å². The highest BCUT2D eigenvalue weighted by Gasteiger charge is 2.27. The van der Waals surface area contributed by atoms with E-state index < -0.39 is 27.7 Å². The van der Waals surface area contributed by atoms with Crippen LogP contribution in [-0.4, -0.2) is 73.5 Å². The lowest BCUT2D eigenvalue weighted by Gasteiger charge is -2.33. The van der Waals surface area contributed by atoms with Gasteiger partial charge in [-0.2, -0.15) is 0 Å². The minimum Gasteiger partial charge on any atom is -0.489 e. The van der Waals surface area contributed by atoms with E-state index in [1.54, 1.807) is 37.3 Å². The van der Waals surface area contributed by atoms with Crippen molar-refractivity contribution < 1.29 is 27.9 Å². The van der Waals surface area contributed by atoms with Gasteiger partial charge in [0.2, 0.25) is 10.0 Å². The van der Waals surface area contributed by atoms with Crippen LogP contribution >= 0.6 is 0 Å². The zero-order valence-electron chi connectivity index (χ0n) is 21.5. The van der Waals surface area contributed by atoms with Gasteiger partial charge < -0.3 is 26.2 Å². The van der Waals surface area contributed by atoms with E-state index >= 15 is 0 Å². The molecule has 2 aromatic rings. The first-order chi connectivity index (χ1) is 18.4. The average Bonchev–Trinajstić information content (AvgIpc) is 2.86. The van der Waals surface area contributed by atoms with Crippen LogP contribution in [0.4, 0.5) is 5.69 Å². The number of ether oxygens (including phenoxy) is 1. The van der Waals surface area contributed by atoms with Gasteiger partial charge in [-0.05, 0) is 36.8 Å². The number of sulfonamides is 1. The smallest absolute Gasteiger partial charge is 0.320 e. The number of amidine groups is 2.